The summed E-state index contributed by atoms with van der Waals surface area (Å²) in [4.78, 5) is 24.0. The Hall–Kier alpha value is -2.81. The van der Waals surface area contributed by atoms with Gasteiger partial charge in [0.2, 0.25) is 5.91 Å². The summed E-state index contributed by atoms with van der Waals surface area (Å²) in [6, 6.07) is 4.47. The van der Waals surface area contributed by atoms with E-state index < -0.39 is 83.3 Å². The molecule has 0 heterocycles. The fraction of sp³-hybridized carbons (Fsp3) is 0.333. The van der Waals surface area contributed by atoms with Crippen LogP contribution in [0.4, 0.5) is 43.9 Å². The van der Waals surface area contributed by atoms with E-state index in [2.05, 4.69) is 15.9 Å². The summed E-state index contributed by atoms with van der Waals surface area (Å²) in [6.07, 6.45) is -18.8. The van der Waals surface area contributed by atoms with E-state index in [0.29, 0.717) is 12.1 Å². The van der Waals surface area contributed by atoms with E-state index in [1.165, 1.54) is 6.07 Å². The third-order valence-corrected chi connectivity index (χ3v) is 5.79. The van der Waals surface area contributed by atoms with E-state index in [0.717, 1.165) is 19.1 Å². The smallest absolute Gasteiger partial charge is 0.336 e. The van der Waals surface area contributed by atoms with E-state index in [-0.39, 0.29) is 21.6 Å². The van der Waals surface area contributed by atoms with Crippen molar-refractivity contribution < 1.29 is 53.5 Å². The number of alkyl halides is 9. The Morgan fingerprint density at radius 1 is 0.975 bits per heavy atom. The molecule has 2 aromatic rings. The molecule has 2 N–H and O–H groups in total. The van der Waals surface area contributed by atoms with Crippen molar-refractivity contribution in [2.75, 3.05) is 0 Å². The molecule has 0 fully saturated rings. The third kappa shape index (κ3) is 9.98. The first kappa shape index (κ1) is 33.4. The predicted octanol–water partition coefficient (Wildman–Crippen LogP) is 8.31. The lowest BCUT2D eigenvalue weighted by molar-refractivity contribution is -0.144. The van der Waals surface area contributed by atoms with Crippen LogP contribution in [0.1, 0.15) is 52.7 Å². The lowest BCUT2D eigenvalue weighted by Gasteiger charge is -2.20. The number of hydrogen-bond acceptors (Lipinski definition) is 2. The summed E-state index contributed by atoms with van der Waals surface area (Å²) in [5.41, 5.74) is -4.21. The average Bonchev–Trinajstić information content (AvgIpc) is 2.78. The summed E-state index contributed by atoms with van der Waals surface area (Å²) in [5.74, 6) is -6.86. The molecule has 0 saturated heterocycles. The van der Waals surface area contributed by atoms with Crippen LogP contribution >= 0.6 is 27.5 Å². The molecule has 2 atom stereocenters. The first-order valence-corrected chi connectivity index (χ1v) is 12.1. The monoisotopic (exact) mass is 670 g/mol. The summed E-state index contributed by atoms with van der Waals surface area (Å²) < 4.78 is 134. The fourth-order valence-corrected chi connectivity index (χ4v) is 4.27. The standard InChI is InChI=1S/C24H18BrClF10N2O2/c1-11(37-20(39)4-5-22(28,29)30)38-21(40)16-3-2-12(8-18(16)24(34,35)36)19(27)10-17(23(31,32)33)13-6-14(25)9-15(26)7-13/h2-3,6-11,17H,4-5H2,1H3,(H,37,39)(H,38,40)/b19-10-/t11-,17?/m1/s1. The summed E-state index contributed by atoms with van der Waals surface area (Å²) in [7, 11) is 0. The first-order valence-electron chi connectivity index (χ1n) is 11.0. The van der Waals surface area contributed by atoms with Gasteiger partial charge in [-0.1, -0.05) is 33.6 Å². The van der Waals surface area contributed by atoms with Crippen molar-refractivity contribution >= 4 is 45.2 Å². The molecule has 2 aromatic carbocycles. The molecule has 1 unspecified atom stereocenters. The predicted molar refractivity (Wildman–Crippen MR) is 129 cm³/mol. The van der Waals surface area contributed by atoms with E-state index in [1.807, 2.05) is 10.6 Å². The molecule has 16 heteroatoms. The van der Waals surface area contributed by atoms with Crippen molar-refractivity contribution in [1.29, 1.82) is 0 Å². The number of allylic oxidation sites excluding steroid dienone is 1. The Morgan fingerprint density at radius 2 is 1.60 bits per heavy atom. The zero-order chi connectivity index (χ0) is 30.6. The van der Waals surface area contributed by atoms with Crippen LogP contribution in [0.3, 0.4) is 0 Å². The molecule has 2 amide bonds. The summed E-state index contributed by atoms with van der Waals surface area (Å²) >= 11 is 8.73. The number of hydrogen-bond donors (Lipinski definition) is 2. The molecule has 2 rings (SSSR count). The van der Waals surface area contributed by atoms with Crippen LogP contribution in [0, 0.1) is 0 Å². The molecular formula is C24H18BrClF10N2O2. The molecule has 220 valence electrons. The number of nitrogens with one attached hydrogen (secondary N) is 2. The number of benzene rings is 2. The second-order valence-corrected chi connectivity index (χ2v) is 9.72. The topological polar surface area (TPSA) is 58.2 Å². The minimum Gasteiger partial charge on any atom is -0.336 e. The van der Waals surface area contributed by atoms with Crippen LogP contribution < -0.4 is 10.6 Å². The van der Waals surface area contributed by atoms with Crippen LogP contribution in [-0.2, 0) is 11.0 Å². The Bertz CT molecular complexity index is 1260. The molecular weight excluding hydrogens is 654 g/mol. The summed E-state index contributed by atoms with van der Waals surface area (Å²) in [5, 5.41) is 3.79. The fourth-order valence-electron chi connectivity index (χ4n) is 3.38. The van der Waals surface area contributed by atoms with Gasteiger partial charge in [0.1, 0.15) is 11.7 Å². The number of halogens is 12. The van der Waals surface area contributed by atoms with Crippen LogP contribution in [0.15, 0.2) is 46.9 Å². The minimum absolute atomic E-state index is 0.0614. The van der Waals surface area contributed by atoms with Gasteiger partial charge in [-0.25, -0.2) is 4.39 Å². The van der Waals surface area contributed by atoms with Gasteiger partial charge < -0.3 is 10.6 Å². The van der Waals surface area contributed by atoms with Crippen molar-refractivity contribution in [3.05, 3.63) is 74.2 Å². The van der Waals surface area contributed by atoms with Gasteiger partial charge in [0, 0.05) is 21.5 Å². The Kier molecular flexibility index (Phi) is 10.7. The third-order valence-electron chi connectivity index (χ3n) is 5.12. The van der Waals surface area contributed by atoms with Gasteiger partial charge in [0.25, 0.3) is 5.91 Å². The SMILES string of the molecule is C[C@H](NC(=O)CCC(F)(F)F)NC(=O)c1ccc(/C(F)=C/C(c2cc(Cl)cc(Br)c2)C(F)(F)F)cc1C(F)(F)F. The second kappa shape index (κ2) is 12.8. The van der Waals surface area contributed by atoms with Crippen molar-refractivity contribution in [2.45, 2.75) is 50.4 Å². The number of carbonyl (C=O) groups excluding carboxylic acids is 2. The largest absolute Gasteiger partial charge is 0.417 e. The van der Waals surface area contributed by atoms with Gasteiger partial charge in [-0.15, -0.1) is 0 Å². The first-order chi connectivity index (χ1) is 18.2. The lowest BCUT2D eigenvalue weighted by Crippen LogP contribution is -2.46. The quantitative estimate of drug-likeness (QED) is 0.219. The molecule has 0 spiro atoms. The molecule has 0 saturated carbocycles. The van der Waals surface area contributed by atoms with Crippen molar-refractivity contribution in [3.8, 4) is 0 Å². The highest BCUT2D eigenvalue weighted by atomic mass is 79.9. The van der Waals surface area contributed by atoms with Crippen LogP contribution in [0.25, 0.3) is 5.83 Å². The van der Waals surface area contributed by atoms with Gasteiger partial charge in [0.05, 0.1) is 23.7 Å². The highest BCUT2D eigenvalue weighted by Crippen LogP contribution is 2.41. The van der Waals surface area contributed by atoms with E-state index in [9.17, 15) is 53.5 Å². The maximum atomic E-state index is 14.9. The molecule has 0 aliphatic carbocycles. The van der Waals surface area contributed by atoms with Gasteiger partial charge in [0.15, 0.2) is 0 Å². The highest BCUT2D eigenvalue weighted by Gasteiger charge is 2.41. The van der Waals surface area contributed by atoms with Crippen LogP contribution in [-0.4, -0.2) is 30.3 Å². The molecule has 0 radical (unpaired) electrons. The van der Waals surface area contributed by atoms with Gasteiger partial charge in [-0.2, -0.15) is 39.5 Å². The Labute approximate surface area is 233 Å². The molecule has 0 aliphatic rings. The van der Waals surface area contributed by atoms with Crippen molar-refractivity contribution in [3.63, 3.8) is 0 Å². The molecule has 4 nitrogen and oxygen atoms in total. The molecule has 0 aliphatic heterocycles. The minimum atomic E-state index is -5.27. The average molecular weight is 672 g/mol. The number of rotatable bonds is 8. The number of amides is 2. The Morgan fingerprint density at radius 3 is 2.12 bits per heavy atom. The summed E-state index contributed by atoms with van der Waals surface area (Å²) in [6.45, 7) is 1.07. The van der Waals surface area contributed by atoms with Crippen molar-refractivity contribution in [2.24, 2.45) is 0 Å². The normalized spacial score (nSPS) is 14.5. The zero-order valence-electron chi connectivity index (χ0n) is 20.0. The van der Waals surface area contributed by atoms with Crippen molar-refractivity contribution in [1.82, 2.24) is 10.6 Å². The van der Waals surface area contributed by atoms with Crippen LogP contribution in [0.5, 0.6) is 0 Å². The Balaban J connectivity index is 2.36. The molecule has 0 bridgehead atoms. The zero-order valence-corrected chi connectivity index (χ0v) is 22.3. The lowest BCUT2D eigenvalue weighted by atomic mass is 9.95. The molecule has 40 heavy (non-hydrogen) atoms. The van der Waals surface area contributed by atoms with Gasteiger partial charge in [-0.05, 0) is 48.9 Å². The highest BCUT2D eigenvalue weighted by molar-refractivity contribution is 9.10. The second-order valence-electron chi connectivity index (χ2n) is 8.37. The molecule has 0 aromatic heterocycles. The van der Waals surface area contributed by atoms with E-state index in [1.54, 1.807) is 0 Å². The van der Waals surface area contributed by atoms with Gasteiger partial charge >= 0.3 is 18.5 Å². The van der Waals surface area contributed by atoms with Crippen LogP contribution in [0.2, 0.25) is 5.02 Å². The maximum Gasteiger partial charge on any atom is 0.417 e. The van der Waals surface area contributed by atoms with E-state index in [4.69, 9.17) is 11.6 Å². The number of carbonyl (C=O) groups is 2. The maximum absolute atomic E-state index is 14.9. The van der Waals surface area contributed by atoms with Gasteiger partial charge in [-0.3, -0.25) is 9.59 Å². The van der Waals surface area contributed by atoms with E-state index >= 15 is 0 Å².